The lowest BCUT2D eigenvalue weighted by Gasteiger charge is -2.28. The zero-order chi connectivity index (χ0) is 14.4. The highest BCUT2D eigenvalue weighted by Crippen LogP contribution is 2.53. The normalized spacial score (nSPS) is 32.0. The van der Waals surface area contributed by atoms with E-state index in [4.69, 9.17) is 9.47 Å². The van der Waals surface area contributed by atoms with E-state index in [9.17, 15) is 5.11 Å². The van der Waals surface area contributed by atoms with Gasteiger partial charge in [-0.25, -0.2) is 0 Å². The van der Waals surface area contributed by atoms with E-state index >= 15 is 0 Å². The SMILES string of the molecule is OC(c1cc2c(cc1Br)OCCCO2)C1CC2CCC1C2. The molecule has 0 saturated heterocycles. The van der Waals surface area contributed by atoms with Crippen molar-refractivity contribution in [2.24, 2.45) is 17.8 Å². The van der Waals surface area contributed by atoms with Crippen LogP contribution >= 0.6 is 15.9 Å². The van der Waals surface area contributed by atoms with Gasteiger partial charge in [-0.1, -0.05) is 22.4 Å². The summed E-state index contributed by atoms with van der Waals surface area (Å²) < 4.78 is 12.4. The van der Waals surface area contributed by atoms with Gasteiger partial charge in [0, 0.05) is 10.9 Å². The molecular formula is C17H21BrO3. The fraction of sp³-hybridized carbons (Fsp3) is 0.647. The number of benzene rings is 1. The Morgan fingerprint density at radius 2 is 1.86 bits per heavy atom. The second kappa shape index (κ2) is 5.47. The Balaban J connectivity index is 1.63. The van der Waals surface area contributed by atoms with E-state index < -0.39 is 6.10 Å². The Bertz CT molecular complexity index is 545. The lowest BCUT2D eigenvalue weighted by atomic mass is 9.82. The number of hydrogen-bond acceptors (Lipinski definition) is 3. The average Bonchev–Trinajstić information content (AvgIpc) is 3.04. The van der Waals surface area contributed by atoms with Crippen molar-refractivity contribution >= 4 is 15.9 Å². The Hall–Kier alpha value is -0.740. The Morgan fingerprint density at radius 3 is 2.52 bits per heavy atom. The minimum Gasteiger partial charge on any atom is -0.490 e. The van der Waals surface area contributed by atoms with Crippen LogP contribution in [0, 0.1) is 17.8 Å². The highest BCUT2D eigenvalue weighted by atomic mass is 79.9. The van der Waals surface area contributed by atoms with Crippen LogP contribution in [0.3, 0.4) is 0 Å². The van der Waals surface area contributed by atoms with Crippen LogP contribution < -0.4 is 9.47 Å². The van der Waals surface area contributed by atoms with Gasteiger partial charge in [0.25, 0.3) is 0 Å². The monoisotopic (exact) mass is 352 g/mol. The highest BCUT2D eigenvalue weighted by Gasteiger charge is 2.43. The van der Waals surface area contributed by atoms with Gasteiger partial charge in [0.2, 0.25) is 0 Å². The molecule has 3 nitrogen and oxygen atoms in total. The van der Waals surface area contributed by atoms with E-state index in [1.54, 1.807) is 0 Å². The molecule has 4 heteroatoms. The van der Waals surface area contributed by atoms with Gasteiger partial charge in [-0.15, -0.1) is 0 Å². The third-order valence-corrected chi connectivity index (χ3v) is 6.07. The maximum atomic E-state index is 10.9. The van der Waals surface area contributed by atoms with Crippen LogP contribution in [0.15, 0.2) is 16.6 Å². The van der Waals surface area contributed by atoms with E-state index in [2.05, 4.69) is 15.9 Å². The van der Waals surface area contributed by atoms with Gasteiger partial charge in [-0.2, -0.15) is 0 Å². The molecule has 0 radical (unpaired) electrons. The third-order valence-electron chi connectivity index (χ3n) is 5.38. The molecule has 2 bridgehead atoms. The van der Waals surface area contributed by atoms with Crippen molar-refractivity contribution in [3.63, 3.8) is 0 Å². The zero-order valence-corrected chi connectivity index (χ0v) is 13.6. The van der Waals surface area contributed by atoms with E-state index in [1.165, 1.54) is 25.7 Å². The van der Waals surface area contributed by atoms with Crippen molar-refractivity contribution in [1.29, 1.82) is 0 Å². The summed E-state index contributed by atoms with van der Waals surface area (Å²) in [4.78, 5) is 0. The zero-order valence-electron chi connectivity index (χ0n) is 12.1. The van der Waals surface area contributed by atoms with Crippen molar-refractivity contribution in [3.05, 3.63) is 22.2 Å². The first kappa shape index (κ1) is 13.9. The van der Waals surface area contributed by atoms with Gasteiger partial charge < -0.3 is 14.6 Å². The minimum absolute atomic E-state index is 0.396. The van der Waals surface area contributed by atoms with Gasteiger partial charge >= 0.3 is 0 Å². The van der Waals surface area contributed by atoms with Crippen molar-refractivity contribution in [2.45, 2.75) is 38.2 Å². The summed E-state index contributed by atoms with van der Waals surface area (Å²) in [6, 6.07) is 3.92. The molecular weight excluding hydrogens is 332 g/mol. The molecule has 4 atom stereocenters. The van der Waals surface area contributed by atoms with Crippen LogP contribution in [0.5, 0.6) is 11.5 Å². The van der Waals surface area contributed by atoms with Crippen LogP contribution in [0.25, 0.3) is 0 Å². The molecule has 3 aliphatic rings. The van der Waals surface area contributed by atoms with Crippen LogP contribution in [-0.2, 0) is 0 Å². The highest BCUT2D eigenvalue weighted by molar-refractivity contribution is 9.10. The summed E-state index contributed by atoms with van der Waals surface area (Å²) in [7, 11) is 0. The number of rotatable bonds is 2. The summed E-state index contributed by atoms with van der Waals surface area (Å²) in [5.74, 6) is 3.50. The van der Waals surface area contributed by atoms with E-state index in [0.29, 0.717) is 25.0 Å². The smallest absolute Gasteiger partial charge is 0.162 e. The van der Waals surface area contributed by atoms with Crippen LogP contribution in [0.1, 0.15) is 43.8 Å². The largest absolute Gasteiger partial charge is 0.490 e. The van der Waals surface area contributed by atoms with Gasteiger partial charge in [0.15, 0.2) is 11.5 Å². The topological polar surface area (TPSA) is 38.7 Å². The van der Waals surface area contributed by atoms with Crippen LogP contribution in [0.2, 0.25) is 0 Å². The number of aliphatic hydroxyl groups excluding tert-OH is 1. The molecule has 1 aromatic carbocycles. The lowest BCUT2D eigenvalue weighted by molar-refractivity contribution is 0.0736. The van der Waals surface area contributed by atoms with E-state index in [-0.39, 0.29) is 0 Å². The summed E-state index contributed by atoms with van der Waals surface area (Å²) in [5, 5.41) is 10.9. The molecule has 0 amide bonds. The van der Waals surface area contributed by atoms with Crippen LogP contribution in [-0.4, -0.2) is 18.3 Å². The van der Waals surface area contributed by atoms with Crippen molar-refractivity contribution in [3.8, 4) is 11.5 Å². The molecule has 1 aromatic rings. The lowest BCUT2D eigenvalue weighted by Crippen LogP contribution is -2.19. The fourth-order valence-electron chi connectivity index (χ4n) is 4.34. The fourth-order valence-corrected chi connectivity index (χ4v) is 4.89. The molecule has 114 valence electrons. The average molecular weight is 353 g/mol. The quantitative estimate of drug-likeness (QED) is 0.871. The predicted octanol–water partition coefficient (Wildman–Crippen LogP) is 4.08. The molecule has 2 fully saturated rings. The molecule has 0 spiro atoms. The van der Waals surface area contributed by atoms with Crippen LogP contribution in [0.4, 0.5) is 0 Å². The summed E-state index contributed by atoms with van der Waals surface area (Å²) >= 11 is 3.61. The molecule has 1 N–H and O–H groups in total. The first-order chi connectivity index (χ1) is 10.2. The van der Waals surface area contributed by atoms with Gasteiger partial charge in [-0.3, -0.25) is 0 Å². The van der Waals surface area contributed by atoms with Gasteiger partial charge in [0.1, 0.15) is 0 Å². The van der Waals surface area contributed by atoms with E-state index in [0.717, 1.165) is 33.9 Å². The minimum atomic E-state index is -0.396. The molecule has 1 heterocycles. The second-order valence-corrected chi connectivity index (χ2v) is 7.51. The maximum absolute atomic E-state index is 10.9. The Kier molecular flexibility index (Phi) is 3.62. The van der Waals surface area contributed by atoms with Gasteiger partial charge in [-0.05, 0) is 54.7 Å². The first-order valence-corrected chi connectivity index (χ1v) is 8.79. The van der Waals surface area contributed by atoms with Gasteiger partial charge in [0.05, 0.1) is 19.3 Å². The summed E-state index contributed by atoms with van der Waals surface area (Å²) in [6.07, 6.45) is 5.63. The van der Waals surface area contributed by atoms with Crippen molar-refractivity contribution < 1.29 is 14.6 Å². The molecule has 4 rings (SSSR count). The second-order valence-electron chi connectivity index (χ2n) is 6.65. The molecule has 0 aromatic heterocycles. The first-order valence-electron chi connectivity index (χ1n) is 7.99. The third kappa shape index (κ3) is 2.46. The van der Waals surface area contributed by atoms with Crippen molar-refractivity contribution in [1.82, 2.24) is 0 Å². The molecule has 2 saturated carbocycles. The molecule has 4 unspecified atom stereocenters. The number of aliphatic hydroxyl groups is 1. The molecule has 1 aliphatic heterocycles. The number of hydrogen-bond donors (Lipinski definition) is 1. The molecule has 2 aliphatic carbocycles. The predicted molar refractivity (Wildman–Crippen MR) is 83.6 cm³/mol. The van der Waals surface area contributed by atoms with Crippen molar-refractivity contribution in [2.75, 3.05) is 13.2 Å². The Labute approximate surface area is 133 Å². The standard InChI is InChI=1S/C17H21BrO3/c18-14-9-16-15(20-4-1-5-21-16)8-13(14)17(19)12-7-10-2-3-11(12)6-10/h8-12,17,19H,1-7H2. The number of halogens is 1. The Morgan fingerprint density at radius 1 is 1.10 bits per heavy atom. The maximum Gasteiger partial charge on any atom is 0.162 e. The number of fused-ring (bicyclic) bond motifs is 3. The summed E-state index contributed by atoms with van der Waals surface area (Å²) in [6.45, 7) is 1.37. The molecule has 21 heavy (non-hydrogen) atoms. The summed E-state index contributed by atoms with van der Waals surface area (Å²) in [5.41, 5.74) is 0.955. The van der Waals surface area contributed by atoms with E-state index in [1.807, 2.05) is 12.1 Å². The number of ether oxygens (including phenoxy) is 2.